The molecule has 0 saturated heterocycles. The fourth-order valence-corrected chi connectivity index (χ4v) is 0.910. The highest BCUT2D eigenvalue weighted by Gasteiger charge is 2.25. The average Bonchev–Trinajstić information content (AvgIpc) is 2.53. The van der Waals surface area contributed by atoms with Crippen LogP contribution < -0.4 is 0 Å². The zero-order valence-corrected chi connectivity index (χ0v) is 6.08. The molecule has 12 heavy (non-hydrogen) atoms. The van der Waals surface area contributed by atoms with Gasteiger partial charge in [-0.05, 0) is 12.1 Å². The minimum Gasteiger partial charge on any atom is -0.203 e. The molecule has 5 nitrogen and oxygen atoms in total. The van der Waals surface area contributed by atoms with Crippen LogP contribution in [-0.4, -0.2) is 10.7 Å². The molecule has 1 aromatic rings. The standard InChI is InChI=1S/C7H5N4O/c12-7-8-9-10-11(7)6-4-2-1-3-5-6/h1-5H/q+1. The van der Waals surface area contributed by atoms with E-state index in [-0.39, 0.29) is 0 Å². The van der Waals surface area contributed by atoms with Crippen LogP contribution in [0.5, 0.6) is 0 Å². The number of urea groups is 1. The van der Waals surface area contributed by atoms with Gasteiger partial charge in [0.1, 0.15) is 10.9 Å². The minimum atomic E-state index is -0.457. The van der Waals surface area contributed by atoms with E-state index in [0.717, 1.165) is 4.70 Å². The Kier molecular flexibility index (Phi) is 1.48. The van der Waals surface area contributed by atoms with Crippen molar-refractivity contribution >= 4 is 11.7 Å². The molecular formula is C7H5N4O+. The number of para-hydroxylation sites is 1. The first-order valence-electron chi connectivity index (χ1n) is 3.39. The molecule has 2 rings (SSSR count). The van der Waals surface area contributed by atoms with Crippen LogP contribution >= 0.6 is 0 Å². The van der Waals surface area contributed by atoms with Gasteiger partial charge in [0.05, 0.1) is 0 Å². The van der Waals surface area contributed by atoms with Crippen LogP contribution in [0.4, 0.5) is 10.5 Å². The van der Waals surface area contributed by atoms with Gasteiger partial charge in [0, 0.05) is 0 Å². The van der Waals surface area contributed by atoms with E-state index < -0.39 is 6.03 Å². The Bertz CT molecular complexity index is 368. The number of benzene rings is 1. The van der Waals surface area contributed by atoms with E-state index in [1.165, 1.54) is 0 Å². The molecule has 1 aliphatic rings. The smallest absolute Gasteiger partial charge is 0.203 e. The lowest BCUT2D eigenvalue weighted by Crippen LogP contribution is -2.04. The molecule has 58 valence electrons. The molecule has 0 atom stereocenters. The first kappa shape index (κ1) is 6.78. The van der Waals surface area contributed by atoms with Crippen LogP contribution in [0.3, 0.4) is 0 Å². The molecule has 0 fully saturated rings. The maximum atomic E-state index is 10.9. The summed E-state index contributed by atoms with van der Waals surface area (Å²) < 4.78 is 1.14. The largest absolute Gasteiger partial charge is 0.539 e. The summed E-state index contributed by atoms with van der Waals surface area (Å²) in [5.41, 5.74) is 0.674. The van der Waals surface area contributed by atoms with Crippen molar-refractivity contribution in [3.8, 4) is 0 Å². The van der Waals surface area contributed by atoms with Gasteiger partial charge in [-0.3, -0.25) is 0 Å². The van der Waals surface area contributed by atoms with E-state index >= 15 is 0 Å². The summed E-state index contributed by atoms with van der Waals surface area (Å²) in [5.74, 6) is 0. The maximum Gasteiger partial charge on any atom is 0.539 e. The monoisotopic (exact) mass is 161 g/mol. The SMILES string of the molecule is O=C1N=NN=[N+]1c1ccccc1. The van der Waals surface area contributed by atoms with Crippen LogP contribution in [-0.2, 0) is 0 Å². The number of carbonyl (C=O) groups is 1. The fraction of sp³-hybridized carbons (Fsp3) is 0. The summed E-state index contributed by atoms with van der Waals surface area (Å²) in [6, 6.07) is 8.56. The molecule has 0 saturated carbocycles. The van der Waals surface area contributed by atoms with Crippen molar-refractivity contribution in [2.24, 2.45) is 15.6 Å². The number of carbonyl (C=O) groups excluding carboxylic acids is 1. The van der Waals surface area contributed by atoms with Gasteiger partial charge in [0.2, 0.25) is 5.22 Å². The lowest BCUT2D eigenvalue weighted by molar-refractivity contribution is -0.402. The van der Waals surface area contributed by atoms with E-state index in [1.54, 1.807) is 12.1 Å². The molecule has 0 radical (unpaired) electrons. The summed E-state index contributed by atoms with van der Waals surface area (Å²) in [4.78, 5) is 10.9. The van der Waals surface area contributed by atoms with Crippen molar-refractivity contribution in [2.45, 2.75) is 0 Å². The summed E-state index contributed by atoms with van der Waals surface area (Å²) in [7, 11) is 0. The average molecular weight is 161 g/mol. The molecule has 2 amide bonds. The first-order valence-corrected chi connectivity index (χ1v) is 3.39. The van der Waals surface area contributed by atoms with Gasteiger partial charge in [-0.1, -0.05) is 22.9 Å². The van der Waals surface area contributed by atoms with E-state index in [9.17, 15) is 4.79 Å². The third kappa shape index (κ3) is 1.01. The second kappa shape index (κ2) is 2.61. The highest BCUT2D eigenvalue weighted by molar-refractivity contribution is 5.68. The van der Waals surface area contributed by atoms with Crippen molar-refractivity contribution < 1.29 is 9.49 Å². The molecular weight excluding hydrogens is 156 g/mol. The third-order valence-corrected chi connectivity index (χ3v) is 1.44. The van der Waals surface area contributed by atoms with E-state index in [1.807, 2.05) is 18.2 Å². The second-order valence-electron chi connectivity index (χ2n) is 2.21. The molecule has 0 bridgehead atoms. The number of nitrogens with zero attached hydrogens (tertiary/aromatic N) is 4. The first-order chi connectivity index (χ1) is 5.88. The number of hydrogen-bond acceptors (Lipinski definition) is 3. The topological polar surface area (TPSA) is 57.2 Å². The molecule has 1 aromatic carbocycles. The van der Waals surface area contributed by atoms with Gasteiger partial charge in [-0.15, -0.1) is 0 Å². The molecule has 0 aromatic heterocycles. The molecule has 0 unspecified atom stereocenters. The third-order valence-electron chi connectivity index (χ3n) is 1.44. The van der Waals surface area contributed by atoms with E-state index in [4.69, 9.17) is 0 Å². The van der Waals surface area contributed by atoms with Gasteiger partial charge in [-0.25, -0.2) is 4.79 Å². The van der Waals surface area contributed by atoms with Crippen LogP contribution in [0.1, 0.15) is 0 Å². The van der Waals surface area contributed by atoms with Gasteiger partial charge >= 0.3 is 6.03 Å². The molecule has 0 N–H and O–H groups in total. The highest BCUT2D eigenvalue weighted by atomic mass is 16.2. The zero-order chi connectivity index (χ0) is 8.39. The molecule has 0 aliphatic carbocycles. The van der Waals surface area contributed by atoms with Gasteiger partial charge in [-0.2, -0.15) is 0 Å². The predicted molar refractivity (Wildman–Crippen MR) is 39.0 cm³/mol. The Morgan fingerprint density at radius 1 is 1.17 bits per heavy atom. The number of hydrogen-bond donors (Lipinski definition) is 0. The highest BCUT2D eigenvalue weighted by Crippen LogP contribution is 2.15. The molecule has 5 heteroatoms. The lowest BCUT2D eigenvalue weighted by atomic mass is 10.3. The lowest BCUT2D eigenvalue weighted by Gasteiger charge is -1.91. The number of rotatable bonds is 1. The Labute approximate surface area is 68.0 Å². The van der Waals surface area contributed by atoms with Crippen LogP contribution in [0, 0.1) is 0 Å². The summed E-state index contributed by atoms with van der Waals surface area (Å²) in [6.07, 6.45) is 0. The van der Waals surface area contributed by atoms with Crippen molar-refractivity contribution in [3.63, 3.8) is 0 Å². The van der Waals surface area contributed by atoms with Crippen LogP contribution in [0.2, 0.25) is 0 Å². The van der Waals surface area contributed by atoms with Crippen LogP contribution in [0.25, 0.3) is 0 Å². The Hall–Kier alpha value is -1.91. The van der Waals surface area contributed by atoms with Crippen molar-refractivity contribution in [1.82, 2.24) is 0 Å². The van der Waals surface area contributed by atoms with E-state index in [0.29, 0.717) is 5.69 Å². The van der Waals surface area contributed by atoms with Crippen LogP contribution in [0.15, 0.2) is 45.9 Å². The summed E-state index contributed by atoms with van der Waals surface area (Å²) in [5, 5.41) is 10.0. The second-order valence-corrected chi connectivity index (χ2v) is 2.21. The fourth-order valence-electron chi connectivity index (χ4n) is 0.910. The van der Waals surface area contributed by atoms with E-state index in [2.05, 4.69) is 15.6 Å². The molecule has 0 spiro atoms. The number of amides is 2. The summed E-state index contributed by atoms with van der Waals surface area (Å²) >= 11 is 0. The predicted octanol–water partition coefficient (Wildman–Crippen LogP) is 2.28. The molecule has 1 aliphatic heterocycles. The van der Waals surface area contributed by atoms with Gasteiger partial charge < -0.3 is 0 Å². The van der Waals surface area contributed by atoms with Crippen molar-refractivity contribution in [1.29, 1.82) is 0 Å². The maximum absolute atomic E-state index is 10.9. The quantitative estimate of drug-likeness (QED) is 0.583. The summed E-state index contributed by atoms with van der Waals surface area (Å²) in [6.45, 7) is 0. The Balaban J connectivity index is 2.40. The minimum absolute atomic E-state index is 0.457. The Morgan fingerprint density at radius 3 is 2.50 bits per heavy atom. The van der Waals surface area contributed by atoms with Crippen molar-refractivity contribution in [2.75, 3.05) is 0 Å². The van der Waals surface area contributed by atoms with Gasteiger partial charge in [0.15, 0.2) is 5.11 Å². The van der Waals surface area contributed by atoms with Crippen molar-refractivity contribution in [3.05, 3.63) is 30.3 Å². The Morgan fingerprint density at radius 2 is 1.92 bits per heavy atom. The zero-order valence-electron chi connectivity index (χ0n) is 6.08. The normalized spacial score (nSPS) is 15.0. The van der Waals surface area contributed by atoms with Gasteiger partial charge in [0.25, 0.3) is 0 Å². The molecule has 1 heterocycles.